The predicted molar refractivity (Wildman–Crippen MR) is 119 cm³/mol. The van der Waals surface area contributed by atoms with Gasteiger partial charge in [0.25, 0.3) is 0 Å². The Bertz CT molecular complexity index is 1170. The Balaban J connectivity index is 1.29. The van der Waals surface area contributed by atoms with Gasteiger partial charge in [0.05, 0.1) is 23.6 Å². The molecule has 0 amide bonds. The van der Waals surface area contributed by atoms with Gasteiger partial charge in [-0.25, -0.2) is 14.5 Å². The Hall–Kier alpha value is -3.46. The summed E-state index contributed by atoms with van der Waals surface area (Å²) in [5, 5.41) is 18.1. The maximum atomic E-state index is 9.29. The summed E-state index contributed by atoms with van der Waals surface area (Å²) in [6, 6.07) is 4.25. The number of pyridine rings is 1. The maximum Gasteiger partial charge on any atom is 0.225 e. The van der Waals surface area contributed by atoms with Gasteiger partial charge in [-0.3, -0.25) is 4.68 Å². The highest BCUT2D eigenvalue weighted by molar-refractivity contribution is 5.75. The lowest BCUT2D eigenvalue weighted by Crippen LogP contribution is -2.47. The van der Waals surface area contributed by atoms with Gasteiger partial charge < -0.3 is 14.9 Å². The number of aliphatic hydroxyl groups excluding tert-OH is 1. The number of anilines is 2. The van der Waals surface area contributed by atoms with Crippen molar-refractivity contribution in [2.75, 3.05) is 42.6 Å². The second kappa shape index (κ2) is 7.99. The van der Waals surface area contributed by atoms with Gasteiger partial charge in [-0.15, -0.1) is 0 Å². The summed E-state index contributed by atoms with van der Waals surface area (Å²) < 4.78 is 3.74. The summed E-state index contributed by atoms with van der Waals surface area (Å²) in [5.74, 6) is 0.801. The minimum atomic E-state index is 0.0557. The minimum Gasteiger partial charge on any atom is -0.396 e. The van der Waals surface area contributed by atoms with Crippen LogP contribution in [0, 0.1) is 0 Å². The number of piperazine rings is 1. The molecule has 0 spiro atoms. The average molecular weight is 419 g/mol. The Morgan fingerprint density at radius 3 is 2.32 bits per heavy atom. The van der Waals surface area contributed by atoms with E-state index in [4.69, 9.17) is 0 Å². The number of rotatable bonds is 5. The zero-order valence-corrected chi connectivity index (χ0v) is 17.8. The van der Waals surface area contributed by atoms with Crippen LogP contribution in [0.25, 0.3) is 16.6 Å². The van der Waals surface area contributed by atoms with Crippen LogP contribution in [-0.4, -0.2) is 67.3 Å². The molecule has 9 heteroatoms. The topological polar surface area (TPSA) is 87.6 Å². The van der Waals surface area contributed by atoms with Crippen LogP contribution in [0.4, 0.5) is 11.6 Å². The Morgan fingerprint density at radius 1 is 0.903 bits per heavy atom. The van der Waals surface area contributed by atoms with E-state index in [0.717, 1.165) is 60.0 Å². The number of aryl methyl sites for hydroxylation is 1. The molecule has 4 aromatic heterocycles. The fourth-order valence-corrected chi connectivity index (χ4v) is 3.96. The zero-order chi connectivity index (χ0) is 21.4. The molecule has 0 saturated carbocycles. The number of hydrogen-bond donors (Lipinski definition) is 1. The number of hydrogen-bond acceptors (Lipinski definition) is 7. The second-order valence-corrected chi connectivity index (χ2v) is 8.05. The van der Waals surface area contributed by atoms with Crippen molar-refractivity contribution in [2.45, 2.75) is 12.8 Å². The summed E-state index contributed by atoms with van der Waals surface area (Å²) in [6.07, 6.45) is 11.5. The van der Waals surface area contributed by atoms with E-state index in [1.807, 2.05) is 49.5 Å². The van der Waals surface area contributed by atoms with Crippen molar-refractivity contribution in [1.82, 2.24) is 29.4 Å². The van der Waals surface area contributed by atoms with E-state index >= 15 is 0 Å². The molecule has 5 rings (SSSR count). The number of aromatic nitrogens is 6. The zero-order valence-electron chi connectivity index (χ0n) is 17.8. The van der Waals surface area contributed by atoms with Crippen molar-refractivity contribution in [2.24, 2.45) is 7.05 Å². The van der Waals surface area contributed by atoms with Crippen molar-refractivity contribution < 1.29 is 5.11 Å². The molecule has 0 aliphatic carbocycles. The van der Waals surface area contributed by atoms with E-state index in [-0.39, 0.29) is 12.5 Å². The van der Waals surface area contributed by atoms with Gasteiger partial charge >= 0.3 is 0 Å². The average Bonchev–Trinajstić information content (AvgIpc) is 3.44. The molecule has 1 N–H and O–H groups in total. The smallest absolute Gasteiger partial charge is 0.225 e. The predicted octanol–water partition coefficient (Wildman–Crippen LogP) is 1.95. The summed E-state index contributed by atoms with van der Waals surface area (Å²) in [4.78, 5) is 13.6. The normalized spacial score (nSPS) is 15.6. The van der Waals surface area contributed by atoms with Gasteiger partial charge in [0.15, 0.2) is 0 Å². The lowest BCUT2D eigenvalue weighted by atomic mass is 10.1. The Morgan fingerprint density at radius 2 is 1.65 bits per heavy atom. The van der Waals surface area contributed by atoms with Crippen molar-refractivity contribution in [3.63, 3.8) is 0 Å². The van der Waals surface area contributed by atoms with Crippen LogP contribution in [0.5, 0.6) is 0 Å². The highest BCUT2D eigenvalue weighted by atomic mass is 16.3. The third kappa shape index (κ3) is 3.72. The van der Waals surface area contributed by atoms with E-state index in [9.17, 15) is 5.11 Å². The third-order valence-electron chi connectivity index (χ3n) is 5.94. The second-order valence-electron chi connectivity index (χ2n) is 8.05. The van der Waals surface area contributed by atoms with E-state index in [1.54, 1.807) is 4.68 Å². The van der Waals surface area contributed by atoms with Crippen molar-refractivity contribution in [3.8, 4) is 11.1 Å². The monoisotopic (exact) mass is 418 g/mol. The highest BCUT2D eigenvalue weighted by Gasteiger charge is 2.22. The van der Waals surface area contributed by atoms with Crippen molar-refractivity contribution in [1.29, 1.82) is 0 Å². The molecular formula is C22H26N8O. The van der Waals surface area contributed by atoms with Crippen LogP contribution in [0.3, 0.4) is 0 Å². The van der Waals surface area contributed by atoms with Gasteiger partial charge in [0.2, 0.25) is 5.95 Å². The number of nitrogens with zero attached hydrogens (tertiary/aromatic N) is 8. The largest absolute Gasteiger partial charge is 0.396 e. The first kappa shape index (κ1) is 19.5. The molecule has 5 heterocycles. The van der Waals surface area contributed by atoms with E-state index < -0.39 is 0 Å². The standard InChI is InChI=1S/C22H26N8O/c1-16(15-31)18-9-23-22(24-10-18)29-7-5-28(6-8-29)21-12-26-30-14-17(3-4-20(21)30)19-11-25-27(2)13-19/h3-4,9-14,16,31H,5-8,15H2,1-2H3. The first-order valence-electron chi connectivity index (χ1n) is 10.5. The fourth-order valence-electron chi connectivity index (χ4n) is 3.96. The SMILES string of the molecule is CC(CO)c1cnc(N2CCN(c3cnn4cc(-c5cnn(C)c5)ccc34)CC2)nc1. The Labute approximate surface area is 180 Å². The van der Waals surface area contributed by atoms with Gasteiger partial charge in [-0.1, -0.05) is 13.0 Å². The van der Waals surface area contributed by atoms with E-state index in [0.29, 0.717) is 0 Å². The van der Waals surface area contributed by atoms with Crippen LogP contribution in [0.15, 0.2) is 49.3 Å². The molecule has 0 bridgehead atoms. The molecule has 0 radical (unpaired) electrons. The summed E-state index contributed by atoms with van der Waals surface area (Å²) in [7, 11) is 1.92. The molecule has 1 aliphatic heterocycles. The van der Waals surface area contributed by atoms with Gasteiger partial charge in [0.1, 0.15) is 0 Å². The van der Waals surface area contributed by atoms with E-state index in [1.165, 1.54) is 0 Å². The minimum absolute atomic E-state index is 0.0557. The molecule has 1 aliphatic rings. The van der Waals surface area contributed by atoms with Crippen LogP contribution in [0.1, 0.15) is 18.4 Å². The summed E-state index contributed by atoms with van der Waals surface area (Å²) >= 11 is 0. The molecule has 9 nitrogen and oxygen atoms in total. The Kier molecular flexibility index (Phi) is 5.03. The molecular weight excluding hydrogens is 392 g/mol. The lowest BCUT2D eigenvalue weighted by Gasteiger charge is -2.35. The third-order valence-corrected chi connectivity index (χ3v) is 5.94. The number of fused-ring (bicyclic) bond motifs is 1. The molecule has 1 unspecified atom stereocenters. The van der Waals surface area contributed by atoms with Crippen molar-refractivity contribution in [3.05, 3.63) is 54.9 Å². The molecule has 1 fully saturated rings. The van der Waals surface area contributed by atoms with Crippen LogP contribution < -0.4 is 9.80 Å². The fraction of sp³-hybridized carbons (Fsp3) is 0.364. The van der Waals surface area contributed by atoms with Gasteiger partial charge in [0, 0.05) is 81.7 Å². The first-order valence-corrected chi connectivity index (χ1v) is 10.5. The van der Waals surface area contributed by atoms with Crippen LogP contribution in [-0.2, 0) is 7.05 Å². The van der Waals surface area contributed by atoms with Gasteiger partial charge in [-0.2, -0.15) is 10.2 Å². The quantitative estimate of drug-likeness (QED) is 0.530. The summed E-state index contributed by atoms with van der Waals surface area (Å²) in [6.45, 7) is 5.52. The maximum absolute atomic E-state index is 9.29. The molecule has 0 aromatic carbocycles. The molecule has 4 aromatic rings. The highest BCUT2D eigenvalue weighted by Crippen LogP contribution is 2.27. The molecule has 1 saturated heterocycles. The van der Waals surface area contributed by atoms with E-state index in [2.05, 4.69) is 48.3 Å². The first-order chi connectivity index (χ1) is 15.1. The molecule has 31 heavy (non-hydrogen) atoms. The van der Waals surface area contributed by atoms with Crippen LogP contribution in [0.2, 0.25) is 0 Å². The molecule has 160 valence electrons. The number of aliphatic hydroxyl groups is 1. The lowest BCUT2D eigenvalue weighted by molar-refractivity contribution is 0.272. The van der Waals surface area contributed by atoms with Crippen LogP contribution >= 0.6 is 0 Å². The molecule has 1 atom stereocenters. The van der Waals surface area contributed by atoms with Crippen molar-refractivity contribution >= 4 is 17.2 Å². The van der Waals surface area contributed by atoms with Gasteiger partial charge in [-0.05, 0) is 11.6 Å². The summed E-state index contributed by atoms with van der Waals surface area (Å²) in [5.41, 5.74) is 5.37.